The quantitative estimate of drug-likeness (QED) is 0.674. The monoisotopic (exact) mass is 275 g/mol. The van der Waals surface area contributed by atoms with Crippen LogP contribution in [0.4, 0.5) is 11.5 Å². The van der Waals surface area contributed by atoms with E-state index in [1.54, 1.807) is 18.2 Å². The predicted molar refractivity (Wildman–Crippen MR) is 67.9 cm³/mol. The van der Waals surface area contributed by atoms with Crippen LogP contribution in [0.1, 0.15) is 0 Å². The summed E-state index contributed by atoms with van der Waals surface area (Å²) in [5.41, 5.74) is 5.23. The molecule has 0 unspecified atom stereocenters. The first kappa shape index (κ1) is 12.0. The molecule has 0 atom stereocenters. The molecule has 3 rings (SSSR count). The minimum absolute atomic E-state index is 0.159. The zero-order valence-electron chi connectivity index (χ0n) is 10.1. The Morgan fingerprint density at radius 1 is 1.25 bits per heavy atom. The van der Waals surface area contributed by atoms with Crippen LogP contribution in [0.2, 0.25) is 0 Å². The number of benzene rings is 1. The second kappa shape index (κ2) is 4.57. The Morgan fingerprint density at radius 2 is 2.05 bits per heavy atom. The third-order valence-corrected chi connectivity index (χ3v) is 2.64. The van der Waals surface area contributed by atoms with Crippen molar-refractivity contribution in [3.63, 3.8) is 0 Å². The second-order valence-electron chi connectivity index (χ2n) is 3.93. The van der Waals surface area contributed by atoms with Crippen LogP contribution >= 0.6 is 0 Å². The number of hydrogen-bond acceptors (Lipinski definition) is 7. The number of aromatic nitrogens is 1. The van der Waals surface area contributed by atoms with E-state index in [-0.39, 0.29) is 24.2 Å². The van der Waals surface area contributed by atoms with E-state index in [1.807, 2.05) is 0 Å². The Bertz CT molecular complexity index is 689. The molecule has 20 heavy (non-hydrogen) atoms. The fraction of sp³-hybridized carbons (Fsp3) is 0.0833. The highest BCUT2D eigenvalue weighted by molar-refractivity contribution is 5.54. The highest BCUT2D eigenvalue weighted by Gasteiger charge is 2.16. The van der Waals surface area contributed by atoms with Gasteiger partial charge in [-0.2, -0.15) is 4.98 Å². The number of pyridine rings is 1. The minimum Gasteiger partial charge on any atom is -0.454 e. The van der Waals surface area contributed by atoms with E-state index in [0.29, 0.717) is 17.2 Å². The largest absolute Gasteiger partial charge is 0.454 e. The van der Waals surface area contributed by atoms with Gasteiger partial charge in [0.05, 0.1) is 4.92 Å². The molecule has 0 saturated carbocycles. The van der Waals surface area contributed by atoms with Gasteiger partial charge in [-0.1, -0.05) is 0 Å². The Balaban J connectivity index is 1.84. The van der Waals surface area contributed by atoms with Gasteiger partial charge in [0, 0.05) is 18.2 Å². The van der Waals surface area contributed by atoms with Gasteiger partial charge < -0.3 is 19.9 Å². The van der Waals surface area contributed by atoms with E-state index in [9.17, 15) is 10.1 Å². The third-order valence-electron chi connectivity index (χ3n) is 2.64. The maximum atomic E-state index is 10.6. The van der Waals surface area contributed by atoms with Gasteiger partial charge in [0.25, 0.3) is 0 Å². The summed E-state index contributed by atoms with van der Waals surface area (Å²) in [6.45, 7) is 0.168. The first-order valence-electron chi connectivity index (χ1n) is 5.62. The van der Waals surface area contributed by atoms with Gasteiger partial charge in [0.2, 0.25) is 18.5 Å². The molecule has 0 aliphatic carbocycles. The van der Waals surface area contributed by atoms with Gasteiger partial charge in [-0.3, -0.25) is 10.1 Å². The Labute approximate surface area is 112 Å². The van der Waals surface area contributed by atoms with E-state index < -0.39 is 4.92 Å². The lowest BCUT2D eigenvalue weighted by atomic mass is 10.3. The molecule has 0 radical (unpaired) electrons. The number of nitrogen functional groups attached to an aromatic ring is 1. The van der Waals surface area contributed by atoms with E-state index in [0.717, 1.165) is 0 Å². The van der Waals surface area contributed by atoms with E-state index in [4.69, 9.17) is 19.9 Å². The summed E-state index contributed by atoms with van der Waals surface area (Å²) < 4.78 is 15.9. The molecule has 0 spiro atoms. The van der Waals surface area contributed by atoms with Crippen molar-refractivity contribution in [3.05, 3.63) is 40.4 Å². The van der Waals surface area contributed by atoms with Crippen LogP contribution in [0, 0.1) is 10.1 Å². The third kappa shape index (κ3) is 2.14. The van der Waals surface area contributed by atoms with Crippen LogP contribution in [-0.4, -0.2) is 16.7 Å². The average molecular weight is 275 g/mol. The highest BCUT2D eigenvalue weighted by atomic mass is 16.7. The molecule has 102 valence electrons. The molecule has 0 bridgehead atoms. The summed E-state index contributed by atoms with van der Waals surface area (Å²) in [6, 6.07) is 7.63. The van der Waals surface area contributed by atoms with Gasteiger partial charge in [-0.15, -0.1) is 0 Å². The molecule has 0 amide bonds. The SMILES string of the molecule is Nc1nc(Oc2ccc3c(c2)OCO3)ccc1[N+](=O)[O-]. The van der Waals surface area contributed by atoms with Crippen molar-refractivity contribution in [2.24, 2.45) is 0 Å². The zero-order valence-corrected chi connectivity index (χ0v) is 10.1. The molecule has 2 aromatic rings. The summed E-state index contributed by atoms with van der Waals surface area (Å²) in [6.07, 6.45) is 0. The summed E-state index contributed by atoms with van der Waals surface area (Å²) >= 11 is 0. The first-order valence-corrected chi connectivity index (χ1v) is 5.62. The number of nitro groups is 1. The number of nitrogens with two attached hydrogens (primary N) is 1. The van der Waals surface area contributed by atoms with Crippen LogP contribution in [-0.2, 0) is 0 Å². The maximum absolute atomic E-state index is 10.6. The van der Waals surface area contributed by atoms with Crippen LogP contribution in [0.15, 0.2) is 30.3 Å². The smallest absolute Gasteiger partial charge is 0.311 e. The van der Waals surface area contributed by atoms with Crippen molar-refractivity contribution >= 4 is 11.5 Å². The Morgan fingerprint density at radius 3 is 2.80 bits per heavy atom. The van der Waals surface area contributed by atoms with Crippen molar-refractivity contribution in [2.75, 3.05) is 12.5 Å². The molecule has 1 aromatic carbocycles. The second-order valence-corrected chi connectivity index (χ2v) is 3.93. The van der Waals surface area contributed by atoms with E-state index >= 15 is 0 Å². The number of ether oxygens (including phenoxy) is 3. The molecule has 0 saturated heterocycles. The fourth-order valence-electron chi connectivity index (χ4n) is 1.72. The Kier molecular flexibility index (Phi) is 2.75. The van der Waals surface area contributed by atoms with Crippen molar-refractivity contribution in [1.82, 2.24) is 4.98 Å². The lowest BCUT2D eigenvalue weighted by Crippen LogP contribution is -1.99. The van der Waals surface area contributed by atoms with Gasteiger partial charge >= 0.3 is 5.69 Å². The van der Waals surface area contributed by atoms with Gasteiger partial charge in [-0.25, -0.2) is 0 Å². The number of hydrogen-bond donors (Lipinski definition) is 1. The van der Waals surface area contributed by atoms with Crippen molar-refractivity contribution < 1.29 is 19.1 Å². The topological polar surface area (TPSA) is 110 Å². The lowest BCUT2D eigenvalue weighted by Gasteiger charge is -2.06. The zero-order chi connectivity index (χ0) is 14.1. The van der Waals surface area contributed by atoms with Gasteiger partial charge in [0.15, 0.2) is 11.5 Å². The molecule has 0 fully saturated rings. The van der Waals surface area contributed by atoms with Crippen LogP contribution < -0.4 is 19.9 Å². The van der Waals surface area contributed by atoms with Crippen LogP contribution in [0.25, 0.3) is 0 Å². The maximum Gasteiger partial charge on any atom is 0.311 e. The molecule has 1 aliphatic heterocycles. The molecule has 1 aliphatic rings. The number of nitrogens with zero attached hydrogens (tertiary/aromatic N) is 2. The summed E-state index contributed by atoms with van der Waals surface area (Å²) in [4.78, 5) is 13.9. The summed E-state index contributed by atoms with van der Waals surface area (Å²) in [5.74, 6) is 1.63. The predicted octanol–water partition coefficient (Wildman–Crippen LogP) is 2.09. The normalized spacial score (nSPS) is 12.2. The molecule has 2 N–H and O–H groups in total. The lowest BCUT2D eigenvalue weighted by molar-refractivity contribution is -0.384. The van der Waals surface area contributed by atoms with Gasteiger partial charge in [-0.05, 0) is 12.1 Å². The van der Waals surface area contributed by atoms with Crippen molar-refractivity contribution in [1.29, 1.82) is 0 Å². The van der Waals surface area contributed by atoms with Gasteiger partial charge in [0.1, 0.15) is 5.75 Å². The Hall–Kier alpha value is -3.03. The molecule has 2 heterocycles. The highest BCUT2D eigenvalue weighted by Crippen LogP contribution is 2.36. The number of anilines is 1. The summed E-state index contributed by atoms with van der Waals surface area (Å²) in [7, 11) is 0. The summed E-state index contributed by atoms with van der Waals surface area (Å²) in [5, 5.41) is 10.6. The van der Waals surface area contributed by atoms with E-state index in [2.05, 4.69) is 4.98 Å². The minimum atomic E-state index is -0.604. The number of fused-ring (bicyclic) bond motifs is 1. The van der Waals surface area contributed by atoms with Crippen molar-refractivity contribution in [3.8, 4) is 23.1 Å². The van der Waals surface area contributed by atoms with E-state index in [1.165, 1.54) is 12.1 Å². The number of rotatable bonds is 3. The molecule has 8 nitrogen and oxygen atoms in total. The average Bonchev–Trinajstić information content (AvgIpc) is 2.85. The fourth-order valence-corrected chi connectivity index (χ4v) is 1.72. The van der Waals surface area contributed by atoms with Crippen LogP contribution in [0.3, 0.4) is 0 Å². The molecule has 8 heteroatoms. The molecular formula is C12H9N3O5. The molecular weight excluding hydrogens is 266 g/mol. The molecule has 1 aromatic heterocycles. The standard InChI is InChI=1S/C12H9N3O5/c13-12-8(15(16)17)2-4-11(14-12)20-7-1-3-9-10(5-7)19-6-18-9/h1-5H,6H2,(H2,13,14). The van der Waals surface area contributed by atoms with Crippen LogP contribution in [0.5, 0.6) is 23.1 Å². The first-order chi connectivity index (χ1) is 9.63. The van der Waals surface area contributed by atoms with Crippen molar-refractivity contribution in [2.45, 2.75) is 0 Å².